The lowest BCUT2D eigenvalue weighted by Crippen LogP contribution is -2.38. The number of β-amino-alcohol motifs (C(OH)–C–C–N with tert-alkyl or cyclic N) is 1. The third-order valence-corrected chi connectivity index (χ3v) is 3.62. The summed E-state index contributed by atoms with van der Waals surface area (Å²) >= 11 is 0. The zero-order valence-electron chi connectivity index (χ0n) is 12.0. The van der Waals surface area contributed by atoms with E-state index in [4.69, 9.17) is 4.74 Å². The van der Waals surface area contributed by atoms with Crippen LogP contribution in [0, 0.1) is 0 Å². The number of ketones is 1. The van der Waals surface area contributed by atoms with E-state index < -0.39 is 6.10 Å². The Morgan fingerprint density at radius 2 is 1.90 bits per heavy atom. The fourth-order valence-corrected chi connectivity index (χ4v) is 2.47. The van der Waals surface area contributed by atoms with Crippen molar-refractivity contribution in [1.82, 2.24) is 4.90 Å². The lowest BCUT2D eigenvalue weighted by molar-refractivity contribution is 0.0617. The highest BCUT2D eigenvalue weighted by Crippen LogP contribution is 2.13. The molecule has 1 atom stereocenters. The first-order chi connectivity index (χ1) is 9.65. The average molecular weight is 277 g/mol. The van der Waals surface area contributed by atoms with Gasteiger partial charge in [0.15, 0.2) is 5.78 Å². The van der Waals surface area contributed by atoms with Crippen molar-refractivity contribution < 1.29 is 14.6 Å². The van der Waals surface area contributed by atoms with Gasteiger partial charge in [0.1, 0.15) is 18.5 Å². The van der Waals surface area contributed by atoms with Gasteiger partial charge in [0.25, 0.3) is 0 Å². The van der Waals surface area contributed by atoms with Gasteiger partial charge < -0.3 is 14.7 Å². The number of carbonyl (C=O) groups excluding carboxylic acids is 1. The quantitative estimate of drug-likeness (QED) is 0.809. The molecule has 1 aromatic carbocycles. The van der Waals surface area contributed by atoms with E-state index in [0.29, 0.717) is 17.9 Å². The van der Waals surface area contributed by atoms with Crippen LogP contribution >= 0.6 is 0 Å². The minimum atomic E-state index is -0.472. The Morgan fingerprint density at radius 1 is 1.25 bits per heavy atom. The molecule has 1 aliphatic heterocycles. The van der Waals surface area contributed by atoms with Crippen LogP contribution in [0.25, 0.3) is 0 Å². The van der Waals surface area contributed by atoms with E-state index in [1.165, 1.54) is 26.2 Å². The summed E-state index contributed by atoms with van der Waals surface area (Å²) in [4.78, 5) is 13.4. The van der Waals surface area contributed by atoms with Gasteiger partial charge in [0.05, 0.1) is 0 Å². The van der Waals surface area contributed by atoms with Gasteiger partial charge in [0, 0.05) is 12.1 Å². The summed E-state index contributed by atoms with van der Waals surface area (Å²) in [5, 5.41) is 9.98. The summed E-state index contributed by atoms with van der Waals surface area (Å²) in [7, 11) is 0. The zero-order chi connectivity index (χ0) is 14.4. The first kappa shape index (κ1) is 15.0. The number of likely N-dealkylation sites (tertiary alicyclic amines) is 1. The van der Waals surface area contributed by atoms with E-state index in [-0.39, 0.29) is 12.4 Å². The van der Waals surface area contributed by atoms with Crippen molar-refractivity contribution in [3.63, 3.8) is 0 Å². The molecular weight excluding hydrogens is 254 g/mol. The number of rotatable bonds is 6. The van der Waals surface area contributed by atoms with Crippen LogP contribution in [0.2, 0.25) is 0 Å². The molecule has 1 saturated heterocycles. The monoisotopic (exact) mass is 277 g/mol. The number of carbonyl (C=O) groups is 1. The molecule has 0 aromatic heterocycles. The molecule has 1 aromatic rings. The Balaban J connectivity index is 1.74. The molecule has 1 N–H and O–H groups in total. The molecule has 0 unspecified atom stereocenters. The van der Waals surface area contributed by atoms with Gasteiger partial charge in [-0.05, 0) is 57.1 Å². The van der Waals surface area contributed by atoms with E-state index in [9.17, 15) is 9.90 Å². The molecule has 20 heavy (non-hydrogen) atoms. The van der Waals surface area contributed by atoms with E-state index >= 15 is 0 Å². The Bertz CT molecular complexity index is 424. The molecule has 1 heterocycles. The standard InChI is InChI=1S/C16H23NO3/c1-13(18)14-5-7-16(8-6-14)20-12-15(19)11-17-9-3-2-4-10-17/h5-8,15,19H,2-4,9-12H2,1H3/t15-/m1/s1. The van der Waals surface area contributed by atoms with Crippen LogP contribution in [0.3, 0.4) is 0 Å². The smallest absolute Gasteiger partial charge is 0.159 e. The molecule has 2 rings (SSSR count). The van der Waals surface area contributed by atoms with Crippen molar-refractivity contribution in [3.05, 3.63) is 29.8 Å². The van der Waals surface area contributed by atoms with Gasteiger partial charge >= 0.3 is 0 Å². The number of benzene rings is 1. The van der Waals surface area contributed by atoms with Gasteiger partial charge in [0.2, 0.25) is 0 Å². The molecular formula is C16H23NO3. The van der Waals surface area contributed by atoms with E-state index in [2.05, 4.69) is 4.90 Å². The van der Waals surface area contributed by atoms with Crippen LogP contribution in [0.5, 0.6) is 5.75 Å². The van der Waals surface area contributed by atoms with Crippen LogP contribution in [0.1, 0.15) is 36.5 Å². The highest BCUT2D eigenvalue weighted by molar-refractivity contribution is 5.94. The number of hydrogen-bond acceptors (Lipinski definition) is 4. The van der Waals surface area contributed by atoms with Crippen LogP contribution in [0.15, 0.2) is 24.3 Å². The topological polar surface area (TPSA) is 49.8 Å². The van der Waals surface area contributed by atoms with Crippen LogP contribution in [-0.4, -0.2) is 48.1 Å². The molecule has 1 aliphatic rings. The second kappa shape index (κ2) is 7.41. The summed E-state index contributed by atoms with van der Waals surface area (Å²) in [6.07, 6.45) is 3.27. The number of piperidine rings is 1. The van der Waals surface area contributed by atoms with E-state index in [1.54, 1.807) is 24.3 Å². The Morgan fingerprint density at radius 3 is 2.50 bits per heavy atom. The van der Waals surface area contributed by atoms with Gasteiger partial charge in [-0.1, -0.05) is 6.42 Å². The molecule has 1 fully saturated rings. The Kier molecular flexibility index (Phi) is 5.56. The largest absolute Gasteiger partial charge is 0.491 e. The van der Waals surface area contributed by atoms with E-state index in [0.717, 1.165) is 13.1 Å². The minimum Gasteiger partial charge on any atom is -0.491 e. The number of ether oxygens (including phenoxy) is 1. The highest BCUT2D eigenvalue weighted by atomic mass is 16.5. The molecule has 0 amide bonds. The summed E-state index contributed by atoms with van der Waals surface area (Å²) in [6, 6.07) is 7.03. The predicted octanol–water partition coefficient (Wildman–Crippen LogP) is 2.11. The summed E-state index contributed by atoms with van der Waals surface area (Å²) in [6.45, 7) is 4.65. The summed E-state index contributed by atoms with van der Waals surface area (Å²) < 4.78 is 5.56. The van der Waals surface area contributed by atoms with Crippen molar-refractivity contribution in [2.45, 2.75) is 32.3 Å². The van der Waals surface area contributed by atoms with Crippen molar-refractivity contribution in [1.29, 1.82) is 0 Å². The number of aliphatic hydroxyl groups excluding tert-OH is 1. The maximum absolute atomic E-state index is 11.2. The first-order valence-electron chi connectivity index (χ1n) is 7.29. The van der Waals surface area contributed by atoms with Crippen LogP contribution < -0.4 is 4.74 Å². The molecule has 110 valence electrons. The number of aliphatic hydroxyl groups is 1. The van der Waals surface area contributed by atoms with Crippen molar-refractivity contribution in [3.8, 4) is 5.75 Å². The second-order valence-electron chi connectivity index (χ2n) is 5.41. The maximum atomic E-state index is 11.2. The normalized spacial score (nSPS) is 17.7. The second-order valence-corrected chi connectivity index (χ2v) is 5.41. The number of Topliss-reactive ketones (excluding diaryl/α,β-unsaturated/α-hetero) is 1. The average Bonchev–Trinajstić information content (AvgIpc) is 2.46. The third-order valence-electron chi connectivity index (χ3n) is 3.62. The van der Waals surface area contributed by atoms with Gasteiger partial charge in [-0.2, -0.15) is 0 Å². The lowest BCUT2D eigenvalue weighted by atomic mass is 10.1. The molecule has 4 heteroatoms. The third kappa shape index (κ3) is 4.62. The lowest BCUT2D eigenvalue weighted by Gasteiger charge is -2.28. The predicted molar refractivity (Wildman–Crippen MR) is 78.2 cm³/mol. The summed E-state index contributed by atoms with van der Waals surface area (Å²) in [5.74, 6) is 0.731. The molecule has 4 nitrogen and oxygen atoms in total. The van der Waals surface area contributed by atoms with Crippen molar-refractivity contribution >= 4 is 5.78 Å². The molecule has 0 spiro atoms. The fraction of sp³-hybridized carbons (Fsp3) is 0.562. The van der Waals surface area contributed by atoms with Gasteiger partial charge in [-0.15, -0.1) is 0 Å². The molecule has 0 bridgehead atoms. The highest BCUT2D eigenvalue weighted by Gasteiger charge is 2.15. The zero-order valence-corrected chi connectivity index (χ0v) is 12.0. The SMILES string of the molecule is CC(=O)c1ccc(OC[C@H](O)CN2CCCCC2)cc1. The minimum absolute atomic E-state index is 0.0432. The van der Waals surface area contributed by atoms with Crippen LogP contribution in [-0.2, 0) is 0 Å². The van der Waals surface area contributed by atoms with Crippen molar-refractivity contribution in [2.24, 2.45) is 0 Å². The Hall–Kier alpha value is -1.39. The van der Waals surface area contributed by atoms with Gasteiger partial charge in [-0.3, -0.25) is 4.79 Å². The van der Waals surface area contributed by atoms with Crippen LogP contribution in [0.4, 0.5) is 0 Å². The first-order valence-corrected chi connectivity index (χ1v) is 7.29. The Labute approximate surface area is 120 Å². The van der Waals surface area contributed by atoms with Gasteiger partial charge in [-0.25, -0.2) is 0 Å². The number of hydrogen-bond donors (Lipinski definition) is 1. The van der Waals surface area contributed by atoms with Crippen molar-refractivity contribution in [2.75, 3.05) is 26.2 Å². The molecule has 0 saturated carbocycles. The maximum Gasteiger partial charge on any atom is 0.159 e. The molecule has 0 radical (unpaired) electrons. The van der Waals surface area contributed by atoms with E-state index in [1.807, 2.05) is 0 Å². The fourth-order valence-electron chi connectivity index (χ4n) is 2.47. The molecule has 0 aliphatic carbocycles. The number of nitrogens with zero attached hydrogens (tertiary/aromatic N) is 1. The summed E-state index contributed by atoms with van der Waals surface area (Å²) in [5.41, 5.74) is 0.672.